The molecular formula is C16H19ClN2S. The molecule has 3 rings (SSSR count). The van der Waals surface area contributed by atoms with Crippen LogP contribution >= 0.6 is 22.9 Å². The van der Waals surface area contributed by atoms with E-state index in [9.17, 15) is 0 Å². The van der Waals surface area contributed by atoms with Gasteiger partial charge < -0.3 is 10.2 Å². The second-order valence-corrected chi connectivity index (χ2v) is 7.18. The fourth-order valence-electron chi connectivity index (χ4n) is 2.18. The van der Waals surface area contributed by atoms with Crippen molar-refractivity contribution in [3.05, 3.63) is 51.2 Å². The largest absolute Gasteiger partial charge is 0.369 e. The van der Waals surface area contributed by atoms with Gasteiger partial charge >= 0.3 is 0 Å². The molecule has 1 N–H and O–H groups in total. The van der Waals surface area contributed by atoms with Crippen molar-refractivity contribution >= 4 is 28.6 Å². The standard InChI is InChI=1S/C16H19ClN2S/c1-19(11-15-8-9-16(17)20-15)14-6-2-12(3-7-14)10-18-13-4-5-13/h2-3,6-9,13,18H,4-5,10-11H2,1H3. The first-order valence-electron chi connectivity index (χ1n) is 6.98. The van der Waals surface area contributed by atoms with Crippen molar-refractivity contribution in [2.75, 3.05) is 11.9 Å². The Labute approximate surface area is 129 Å². The number of thiophene rings is 1. The van der Waals surface area contributed by atoms with E-state index in [4.69, 9.17) is 11.6 Å². The number of hydrogen-bond donors (Lipinski definition) is 1. The summed E-state index contributed by atoms with van der Waals surface area (Å²) in [5.74, 6) is 0. The van der Waals surface area contributed by atoms with E-state index in [0.29, 0.717) is 0 Å². The van der Waals surface area contributed by atoms with Gasteiger partial charge in [0.1, 0.15) is 0 Å². The normalized spacial score (nSPS) is 14.5. The average molecular weight is 307 g/mol. The van der Waals surface area contributed by atoms with E-state index in [-0.39, 0.29) is 0 Å². The summed E-state index contributed by atoms with van der Waals surface area (Å²) >= 11 is 7.61. The predicted molar refractivity (Wildman–Crippen MR) is 87.7 cm³/mol. The SMILES string of the molecule is CN(Cc1ccc(Cl)s1)c1ccc(CNC2CC2)cc1. The van der Waals surface area contributed by atoms with E-state index >= 15 is 0 Å². The monoisotopic (exact) mass is 306 g/mol. The highest BCUT2D eigenvalue weighted by atomic mass is 35.5. The molecule has 0 spiro atoms. The van der Waals surface area contributed by atoms with Crippen molar-refractivity contribution in [3.8, 4) is 0 Å². The Bertz CT molecular complexity index is 560. The third-order valence-electron chi connectivity index (χ3n) is 3.57. The van der Waals surface area contributed by atoms with Gasteiger partial charge in [-0.05, 0) is 42.7 Å². The number of nitrogens with one attached hydrogen (secondary N) is 1. The first-order valence-corrected chi connectivity index (χ1v) is 8.18. The third kappa shape index (κ3) is 3.75. The van der Waals surface area contributed by atoms with Gasteiger partial charge in [-0.2, -0.15) is 0 Å². The summed E-state index contributed by atoms with van der Waals surface area (Å²) in [6.07, 6.45) is 2.67. The van der Waals surface area contributed by atoms with Crippen molar-refractivity contribution in [1.29, 1.82) is 0 Å². The zero-order chi connectivity index (χ0) is 13.9. The van der Waals surface area contributed by atoms with Crippen LogP contribution in [-0.2, 0) is 13.1 Å². The van der Waals surface area contributed by atoms with Crippen LogP contribution in [0.1, 0.15) is 23.3 Å². The minimum atomic E-state index is 0.765. The molecule has 1 aliphatic rings. The highest BCUT2D eigenvalue weighted by molar-refractivity contribution is 7.16. The Morgan fingerprint density at radius 3 is 2.55 bits per heavy atom. The maximum absolute atomic E-state index is 5.97. The lowest BCUT2D eigenvalue weighted by Crippen LogP contribution is -2.17. The summed E-state index contributed by atoms with van der Waals surface area (Å²) in [5, 5.41) is 3.54. The molecule has 1 aromatic heterocycles. The lowest BCUT2D eigenvalue weighted by atomic mass is 10.2. The molecule has 0 atom stereocenters. The van der Waals surface area contributed by atoms with Crippen LogP contribution in [0, 0.1) is 0 Å². The minimum Gasteiger partial charge on any atom is -0.369 e. The molecule has 0 unspecified atom stereocenters. The molecule has 4 heteroatoms. The molecule has 0 bridgehead atoms. The van der Waals surface area contributed by atoms with Crippen LogP contribution in [-0.4, -0.2) is 13.1 Å². The van der Waals surface area contributed by atoms with Crippen LogP contribution in [0.3, 0.4) is 0 Å². The molecule has 0 amide bonds. The maximum Gasteiger partial charge on any atom is 0.0931 e. The van der Waals surface area contributed by atoms with E-state index < -0.39 is 0 Å². The molecule has 2 aromatic rings. The van der Waals surface area contributed by atoms with Crippen molar-refractivity contribution < 1.29 is 0 Å². The minimum absolute atomic E-state index is 0.765. The molecule has 20 heavy (non-hydrogen) atoms. The van der Waals surface area contributed by atoms with Crippen LogP contribution in [0.2, 0.25) is 4.34 Å². The van der Waals surface area contributed by atoms with Gasteiger partial charge in [0.15, 0.2) is 0 Å². The number of hydrogen-bond acceptors (Lipinski definition) is 3. The van der Waals surface area contributed by atoms with Gasteiger partial charge in [0.25, 0.3) is 0 Å². The van der Waals surface area contributed by atoms with Crippen LogP contribution < -0.4 is 10.2 Å². The number of benzene rings is 1. The van der Waals surface area contributed by atoms with Crippen molar-refractivity contribution in [2.24, 2.45) is 0 Å². The Kier molecular flexibility index (Phi) is 4.29. The van der Waals surface area contributed by atoms with Crippen molar-refractivity contribution in [1.82, 2.24) is 5.32 Å². The number of rotatable bonds is 6. The lowest BCUT2D eigenvalue weighted by Gasteiger charge is -2.18. The second kappa shape index (κ2) is 6.17. The van der Waals surface area contributed by atoms with Crippen LogP contribution in [0.5, 0.6) is 0 Å². The van der Waals surface area contributed by atoms with Crippen molar-refractivity contribution in [2.45, 2.75) is 32.0 Å². The fourth-order valence-corrected chi connectivity index (χ4v) is 3.32. The summed E-state index contributed by atoms with van der Waals surface area (Å²) < 4.78 is 0.856. The molecule has 0 aliphatic heterocycles. The molecule has 1 saturated carbocycles. The zero-order valence-corrected chi connectivity index (χ0v) is 13.2. The van der Waals surface area contributed by atoms with Gasteiger partial charge in [-0.1, -0.05) is 23.7 Å². The van der Waals surface area contributed by atoms with E-state index in [1.807, 2.05) is 6.07 Å². The summed E-state index contributed by atoms with van der Waals surface area (Å²) in [6, 6.07) is 13.6. The average Bonchev–Trinajstić information content (AvgIpc) is 3.20. The Morgan fingerprint density at radius 1 is 1.20 bits per heavy atom. The van der Waals surface area contributed by atoms with Gasteiger partial charge in [0.2, 0.25) is 0 Å². The number of anilines is 1. The Balaban J connectivity index is 1.57. The van der Waals surface area contributed by atoms with E-state index in [2.05, 4.69) is 47.6 Å². The molecule has 2 nitrogen and oxygen atoms in total. The molecule has 106 valence electrons. The third-order valence-corrected chi connectivity index (χ3v) is 4.79. The molecule has 1 aromatic carbocycles. The van der Waals surface area contributed by atoms with Gasteiger partial charge in [0, 0.05) is 30.2 Å². The van der Waals surface area contributed by atoms with Gasteiger partial charge in [-0.3, -0.25) is 0 Å². The molecule has 1 fully saturated rings. The fraction of sp³-hybridized carbons (Fsp3) is 0.375. The quantitative estimate of drug-likeness (QED) is 0.856. The zero-order valence-electron chi connectivity index (χ0n) is 11.6. The van der Waals surface area contributed by atoms with Gasteiger partial charge in [0.05, 0.1) is 10.9 Å². The predicted octanol–water partition coefficient (Wildman–Crippen LogP) is 4.29. The lowest BCUT2D eigenvalue weighted by molar-refractivity contribution is 0.688. The van der Waals surface area contributed by atoms with Gasteiger partial charge in [-0.15, -0.1) is 11.3 Å². The van der Waals surface area contributed by atoms with Crippen molar-refractivity contribution in [3.63, 3.8) is 0 Å². The summed E-state index contributed by atoms with van der Waals surface area (Å²) in [4.78, 5) is 3.54. The molecule has 0 radical (unpaired) electrons. The second-order valence-electron chi connectivity index (χ2n) is 5.38. The summed E-state index contributed by atoms with van der Waals surface area (Å²) in [7, 11) is 2.12. The summed E-state index contributed by atoms with van der Waals surface area (Å²) in [6.45, 7) is 1.88. The van der Waals surface area contributed by atoms with Gasteiger partial charge in [-0.25, -0.2) is 0 Å². The highest BCUT2D eigenvalue weighted by Crippen LogP contribution is 2.25. The molecule has 0 saturated heterocycles. The number of halogens is 1. The maximum atomic E-state index is 5.97. The number of nitrogens with zero attached hydrogens (tertiary/aromatic N) is 1. The first-order chi connectivity index (χ1) is 9.70. The first kappa shape index (κ1) is 13.9. The topological polar surface area (TPSA) is 15.3 Å². The molecule has 1 aliphatic carbocycles. The molecular weight excluding hydrogens is 288 g/mol. The Hall–Kier alpha value is -1.03. The Morgan fingerprint density at radius 2 is 1.95 bits per heavy atom. The smallest absolute Gasteiger partial charge is 0.0931 e. The van der Waals surface area contributed by atoms with E-state index in [0.717, 1.165) is 23.5 Å². The van der Waals surface area contributed by atoms with E-state index in [1.165, 1.54) is 29.0 Å². The van der Waals surface area contributed by atoms with Crippen LogP contribution in [0.25, 0.3) is 0 Å². The van der Waals surface area contributed by atoms with Crippen LogP contribution in [0.15, 0.2) is 36.4 Å². The molecule has 1 heterocycles. The van der Waals surface area contributed by atoms with Crippen LogP contribution in [0.4, 0.5) is 5.69 Å². The van der Waals surface area contributed by atoms with E-state index in [1.54, 1.807) is 11.3 Å². The highest BCUT2D eigenvalue weighted by Gasteiger charge is 2.19. The summed E-state index contributed by atoms with van der Waals surface area (Å²) in [5.41, 5.74) is 2.60.